The van der Waals surface area contributed by atoms with Gasteiger partial charge in [-0.05, 0) is 20.8 Å². The van der Waals surface area contributed by atoms with Gasteiger partial charge in [0.1, 0.15) is 0 Å². The van der Waals surface area contributed by atoms with Gasteiger partial charge in [-0.15, -0.1) is 0 Å². The number of methoxy groups -OCH3 is 2. The SMILES string of the molecule is C.C.CCC(=O)OC.COC(C)(C)C. The lowest BCUT2D eigenvalue weighted by Gasteiger charge is -2.14. The topological polar surface area (TPSA) is 35.5 Å². The number of hydrogen-bond acceptors (Lipinski definition) is 3. The van der Waals surface area contributed by atoms with Gasteiger partial charge in [0.05, 0.1) is 12.7 Å². The van der Waals surface area contributed by atoms with Gasteiger partial charge >= 0.3 is 5.97 Å². The molecule has 0 fully saturated rings. The molecule has 0 amide bonds. The fraction of sp³-hybridized carbons (Fsp3) is 0.909. The molecule has 0 aromatic rings. The molecule has 0 aliphatic rings. The number of carbonyl (C=O) groups is 1. The second-order valence-corrected chi connectivity index (χ2v) is 3.25. The summed E-state index contributed by atoms with van der Waals surface area (Å²) in [7, 11) is 3.09. The van der Waals surface area contributed by atoms with E-state index in [2.05, 4.69) is 4.74 Å². The Labute approximate surface area is 89.8 Å². The van der Waals surface area contributed by atoms with Crippen molar-refractivity contribution < 1.29 is 14.3 Å². The molecule has 90 valence electrons. The first-order chi connectivity index (χ1) is 5.37. The zero-order chi connectivity index (χ0) is 10.2. The van der Waals surface area contributed by atoms with Gasteiger partial charge in [0.15, 0.2) is 0 Å². The Hall–Kier alpha value is -0.570. The van der Waals surface area contributed by atoms with E-state index in [0.717, 1.165) is 0 Å². The van der Waals surface area contributed by atoms with E-state index in [1.165, 1.54) is 7.11 Å². The van der Waals surface area contributed by atoms with Crippen molar-refractivity contribution in [2.24, 2.45) is 0 Å². The number of rotatable bonds is 1. The van der Waals surface area contributed by atoms with Gasteiger partial charge < -0.3 is 9.47 Å². The smallest absolute Gasteiger partial charge is 0.305 e. The lowest BCUT2D eigenvalue weighted by atomic mass is 10.2. The van der Waals surface area contributed by atoms with Crippen LogP contribution in [0, 0.1) is 0 Å². The monoisotopic (exact) mass is 208 g/mol. The van der Waals surface area contributed by atoms with E-state index in [4.69, 9.17) is 4.74 Å². The van der Waals surface area contributed by atoms with E-state index in [1.54, 1.807) is 14.0 Å². The molecule has 0 unspecified atom stereocenters. The van der Waals surface area contributed by atoms with E-state index in [1.807, 2.05) is 20.8 Å². The summed E-state index contributed by atoms with van der Waals surface area (Å²) in [6.07, 6.45) is 0.469. The van der Waals surface area contributed by atoms with Crippen LogP contribution in [0.4, 0.5) is 0 Å². The van der Waals surface area contributed by atoms with E-state index in [0.29, 0.717) is 6.42 Å². The minimum Gasteiger partial charge on any atom is -0.469 e. The van der Waals surface area contributed by atoms with Crippen LogP contribution in [0.2, 0.25) is 0 Å². The quantitative estimate of drug-likeness (QED) is 0.620. The lowest BCUT2D eigenvalue weighted by molar-refractivity contribution is -0.140. The maximum Gasteiger partial charge on any atom is 0.305 e. The highest BCUT2D eigenvalue weighted by molar-refractivity contribution is 5.68. The van der Waals surface area contributed by atoms with Crippen molar-refractivity contribution in [2.75, 3.05) is 14.2 Å². The van der Waals surface area contributed by atoms with Crippen LogP contribution in [0.3, 0.4) is 0 Å². The summed E-state index contributed by atoms with van der Waals surface area (Å²) in [4.78, 5) is 9.96. The highest BCUT2D eigenvalue weighted by Crippen LogP contribution is 2.02. The van der Waals surface area contributed by atoms with Crippen molar-refractivity contribution in [2.45, 2.75) is 54.6 Å². The van der Waals surface area contributed by atoms with Gasteiger partial charge in [-0.1, -0.05) is 21.8 Å². The fourth-order valence-electron chi connectivity index (χ4n) is 0.144. The number of ether oxygens (including phenoxy) is 2. The van der Waals surface area contributed by atoms with Gasteiger partial charge in [-0.2, -0.15) is 0 Å². The summed E-state index contributed by atoms with van der Waals surface area (Å²) in [5.41, 5.74) is 0.0417. The zero-order valence-electron chi connectivity index (χ0n) is 8.93. The van der Waals surface area contributed by atoms with Gasteiger partial charge in [0.25, 0.3) is 0 Å². The van der Waals surface area contributed by atoms with Crippen LogP contribution in [0.1, 0.15) is 49.0 Å². The zero-order valence-corrected chi connectivity index (χ0v) is 8.93. The Balaban J connectivity index is -0.0000000625. The highest BCUT2D eigenvalue weighted by Gasteiger charge is 2.03. The highest BCUT2D eigenvalue weighted by atomic mass is 16.5. The maximum atomic E-state index is 9.96. The second kappa shape index (κ2) is 12.4. The van der Waals surface area contributed by atoms with Crippen LogP contribution in [0.25, 0.3) is 0 Å². The summed E-state index contributed by atoms with van der Waals surface area (Å²) in [5, 5.41) is 0. The predicted octanol–water partition coefficient (Wildman–Crippen LogP) is 3.27. The van der Waals surface area contributed by atoms with Crippen molar-refractivity contribution in [3.8, 4) is 0 Å². The third-order valence-corrected chi connectivity index (χ3v) is 1.13. The molecule has 0 atom stereocenters. The van der Waals surface area contributed by atoms with Crippen LogP contribution in [-0.2, 0) is 14.3 Å². The number of hydrogen-bond donors (Lipinski definition) is 0. The molecule has 3 nitrogen and oxygen atoms in total. The van der Waals surface area contributed by atoms with E-state index in [9.17, 15) is 4.79 Å². The predicted molar refractivity (Wildman–Crippen MR) is 62.5 cm³/mol. The molecule has 14 heavy (non-hydrogen) atoms. The summed E-state index contributed by atoms with van der Waals surface area (Å²) in [5.74, 6) is -0.157. The van der Waals surface area contributed by atoms with Crippen LogP contribution < -0.4 is 0 Å². The lowest BCUT2D eigenvalue weighted by Crippen LogP contribution is -2.15. The Kier molecular flexibility index (Phi) is 20.7. The fourth-order valence-corrected chi connectivity index (χ4v) is 0.144. The molecule has 3 heteroatoms. The average molecular weight is 208 g/mol. The summed E-state index contributed by atoms with van der Waals surface area (Å²) in [6.45, 7) is 7.82. The van der Waals surface area contributed by atoms with Crippen LogP contribution in [-0.4, -0.2) is 25.8 Å². The van der Waals surface area contributed by atoms with Crippen LogP contribution in [0.15, 0.2) is 0 Å². The first-order valence-corrected chi connectivity index (χ1v) is 3.99. The molecule has 0 saturated carbocycles. The molecule has 0 saturated heterocycles. The first kappa shape index (κ1) is 23.3. The molecule has 0 rings (SSSR count). The Bertz CT molecular complexity index is 108. The van der Waals surface area contributed by atoms with Gasteiger partial charge in [-0.25, -0.2) is 0 Å². The molecule has 0 N–H and O–H groups in total. The maximum absolute atomic E-state index is 9.96. The average Bonchev–Trinajstić information content (AvgIpc) is 2.03. The molecule has 0 spiro atoms. The normalized spacial score (nSPS) is 8.43. The Morgan fingerprint density at radius 1 is 1.14 bits per heavy atom. The van der Waals surface area contributed by atoms with Gasteiger partial charge in [0, 0.05) is 13.5 Å². The van der Waals surface area contributed by atoms with E-state index in [-0.39, 0.29) is 26.4 Å². The molecule has 0 bridgehead atoms. The molecular formula is C11H28O3. The first-order valence-electron chi connectivity index (χ1n) is 3.99. The van der Waals surface area contributed by atoms with Crippen molar-refractivity contribution >= 4 is 5.97 Å². The van der Waals surface area contributed by atoms with Gasteiger partial charge in [-0.3, -0.25) is 4.79 Å². The van der Waals surface area contributed by atoms with Crippen molar-refractivity contribution in [3.05, 3.63) is 0 Å². The third kappa shape index (κ3) is 30.1. The van der Waals surface area contributed by atoms with Crippen LogP contribution in [0.5, 0.6) is 0 Å². The van der Waals surface area contributed by atoms with Crippen LogP contribution >= 0.6 is 0 Å². The summed E-state index contributed by atoms with van der Waals surface area (Å²) >= 11 is 0. The minimum atomic E-state index is -0.157. The number of esters is 1. The van der Waals surface area contributed by atoms with E-state index < -0.39 is 0 Å². The molecule has 0 radical (unpaired) electrons. The molecule has 0 heterocycles. The molecule has 0 aliphatic heterocycles. The number of carbonyl (C=O) groups excluding carboxylic acids is 1. The van der Waals surface area contributed by atoms with Gasteiger partial charge in [0.2, 0.25) is 0 Å². The third-order valence-electron chi connectivity index (χ3n) is 1.13. The molecule has 0 aromatic carbocycles. The van der Waals surface area contributed by atoms with E-state index >= 15 is 0 Å². The largest absolute Gasteiger partial charge is 0.469 e. The Morgan fingerprint density at radius 2 is 1.43 bits per heavy atom. The summed E-state index contributed by atoms with van der Waals surface area (Å²) < 4.78 is 9.20. The van der Waals surface area contributed by atoms with Crippen molar-refractivity contribution in [1.82, 2.24) is 0 Å². The molecule has 0 aliphatic carbocycles. The minimum absolute atomic E-state index is 0. The second-order valence-electron chi connectivity index (χ2n) is 3.25. The Morgan fingerprint density at radius 3 is 1.43 bits per heavy atom. The standard InChI is InChI=1S/C5H12O.C4H8O2.2CH4/c1-5(2,3)6-4;1-3-4(5)6-2;;/h1-4H3;3H2,1-2H3;2*1H4. The molecular weight excluding hydrogens is 180 g/mol. The molecule has 0 aromatic heterocycles. The summed E-state index contributed by atoms with van der Waals surface area (Å²) in [6, 6.07) is 0. The van der Waals surface area contributed by atoms with Crippen molar-refractivity contribution in [1.29, 1.82) is 0 Å². The van der Waals surface area contributed by atoms with Crippen molar-refractivity contribution in [3.63, 3.8) is 0 Å².